The first kappa shape index (κ1) is 21.6. The van der Waals surface area contributed by atoms with Crippen molar-refractivity contribution in [1.29, 1.82) is 0 Å². The van der Waals surface area contributed by atoms with Crippen LogP contribution in [-0.2, 0) is 11.3 Å². The summed E-state index contributed by atoms with van der Waals surface area (Å²) in [5.74, 6) is -0.555. The first-order valence-corrected chi connectivity index (χ1v) is 10.2. The maximum atomic E-state index is 12.7. The molecule has 156 valence electrons. The molecule has 30 heavy (non-hydrogen) atoms. The molecule has 1 aromatic heterocycles. The predicted octanol–water partition coefficient (Wildman–Crippen LogP) is 3.90. The van der Waals surface area contributed by atoms with E-state index in [4.69, 9.17) is 11.6 Å². The largest absolute Gasteiger partial charge is 0.350 e. The van der Waals surface area contributed by atoms with Crippen LogP contribution in [0.2, 0.25) is 5.02 Å². The van der Waals surface area contributed by atoms with Gasteiger partial charge in [-0.3, -0.25) is 9.59 Å². The van der Waals surface area contributed by atoms with Crippen LogP contribution in [0.5, 0.6) is 0 Å². The number of aryl methyl sites for hydroxylation is 1. The maximum absolute atomic E-state index is 12.7. The van der Waals surface area contributed by atoms with Gasteiger partial charge in [0.1, 0.15) is 6.04 Å². The SMILES string of the molecule is Cc1ccc(C(=O)NC(C(=O)NCc2cnn(-c3ccc(Cl)cc3)c2)C(C)C)cc1. The van der Waals surface area contributed by atoms with Crippen LogP contribution in [0.25, 0.3) is 5.69 Å². The number of halogens is 1. The van der Waals surface area contributed by atoms with E-state index in [1.165, 1.54) is 0 Å². The van der Waals surface area contributed by atoms with Crippen LogP contribution in [-0.4, -0.2) is 27.6 Å². The van der Waals surface area contributed by atoms with Crippen LogP contribution in [0.4, 0.5) is 0 Å². The second kappa shape index (κ2) is 9.59. The van der Waals surface area contributed by atoms with Gasteiger partial charge in [-0.2, -0.15) is 5.10 Å². The molecule has 0 radical (unpaired) electrons. The van der Waals surface area contributed by atoms with Crippen molar-refractivity contribution in [2.45, 2.75) is 33.4 Å². The van der Waals surface area contributed by atoms with Crippen molar-refractivity contribution >= 4 is 23.4 Å². The molecule has 0 aliphatic rings. The van der Waals surface area contributed by atoms with E-state index >= 15 is 0 Å². The van der Waals surface area contributed by atoms with Gasteiger partial charge < -0.3 is 10.6 Å². The number of amides is 2. The molecule has 3 aromatic rings. The molecule has 1 atom stereocenters. The molecule has 2 aromatic carbocycles. The molecule has 3 rings (SSSR count). The first-order chi connectivity index (χ1) is 14.3. The average molecular weight is 425 g/mol. The van der Waals surface area contributed by atoms with Crippen molar-refractivity contribution in [1.82, 2.24) is 20.4 Å². The Hall–Kier alpha value is -3.12. The molecule has 6 nitrogen and oxygen atoms in total. The Bertz CT molecular complexity index is 1010. The van der Waals surface area contributed by atoms with E-state index in [1.54, 1.807) is 35.1 Å². The fraction of sp³-hybridized carbons (Fsp3) is 0.261. The second-order valence-electron chi connectivity index (χ2n) is 7.55. The molecular formula is C23H25ClN4O2. The fourth-order valence-corrected chi connectivity index (χ4v) is 3.08. The van der Waals surface area contributed by atoms with Gasteiger partial charge in [0.15, 0.2) is 0 Å². The highest BCUT2D eigenvalue weighted by molar-refractivity contribution is 6.30. The third-order valence-corrected chi connectivity index (χ3v) is 5.00. The lowest BCUT2D eigenvalue weighted by molar-refractivity contribution is -0.124. The van der Waals surface area contributed by atoms with Gasteiger partial charge in [-0.25, -0.2) is 4.68 Å². The summed E-state index contributed by atoms with van der Waals surface area (Å²) in [6.07, 6.45) is 3.54. The molecule has 0 fully saturated rings. The first-order valence-electron chi connectivity index (χ1n) is 9.78. The van der Waals surface area contributed by atoms with Crippen molar-refractivity contribution in [3.8, 4) is 5.69 Å². The van der Waals surface area contributed by atoms with E-state index in [1.807, 2.05) is 51.2 Å². The molecule has 7 heteroatoms. The monoisotopic (exact) mass is 424 g/mol. The van der Waals surface area contributed by atoms with Crippen molar-refractivity contribution in [2.24, 2.45) is 5.92 Å². The van der Waals surface area contributed by atoms with Gasteiger partial charge >= 0.3 is 0 Å². The minimum atomic E-state index is -0.634. The minimum absolute atomic E-state index is 0.0591. The highest BCUT2D eigenvalue weighted by atomic mass is 35.5. The van der Waals surface area contributed by atoms with Gasteiger partial charge in [0.2, 0.25) is 5.91 Å². The smallest absolute Gasteiger partial charge is 0.251 e. The van der Waals surface area contributed by atoms with Crippen molar-refractivity contribution in [3.63, 3.8) is 0 Å². The lowest BCUT2D eigenvalue weighted by atomic mass is 10.0. The van der Waals surface area contributed by atoms with Crippen molar-refractivity contribution in [2.75, 3.05) is 0 Å². The zero-order valence-electron chi connectivity index (χ0n) is 17.2. The minimum Gasteiger partial charge on any atom is -0.350 e. The van der Waals surface area contributed by atoms with Gasteiger partial charge in [0, 0.05) is 28.9 Å². The Morgan fingerprint density at radius 3 is 2.37 bits per heavy atom. The van der Waals surface area contributed by atoms with E-state index < -0.39 is 6.04 Å². The molecule has 2 N–H and O–H groups in total. The molecule has 1 unspecified atom stereocenters. The quantitative estimate of drug-likeness (QED) is 0.603. The number of aromatic nitrogens is 2. The average Bonchev–Trinajstić information content (AvgIpc) is 3.20. The van der Waals surface area contributed by atoms with E-state index in [-0.39, 0.29) is 17.7 Å². The number of carbonyl (C=O) groups excluding carboxylic acids is 2. The fourth-order valence-electron chi connectivity index (χ4n) is 2.95. The number of rotatable bonds is 7. The molecule has 0 spiro atoms. The normalized spacial score (nSPS) is 11.9. The van der Waals surface area contributed by atoms with Crippen LogP contribution in [0.15, 0.2) is 60.9 Å². The van der Waals surface area contributed by atoms with Crippen LogP contribution in [0.1, 0.15) is 35.3 Å². The molecule has 2 amide bonds. The van der Waals surface area contributed by atoms with Gasteiger partial charge in [-0.05, 0) is 49.2 Å². The number of benzene rings is 2. The predicted molar refractivity (Wildman–Crippen MR) is 118 cm³/mol. The standard InChI is InChI=1S/C23H25ClN4O2/c1-15(2)21(27-22(29)18-6-4-16(3)5-7-18)23(30)25-12-17-13-26-28(14-17)20-10-8-19(24)9-11-20/h4-11,13-15,21H,12H2,1-3H3,(H,25,30)(H,27,29). The third kappa shape index (κ3) is 5.48. The summed E-state index contributed by atoms with van der Waals surface area (Å²) < 4.78 is 1.72. The molecule has 1 heterocycles. The van der Waals surface area contributed by atoms with E-state index in [9.17, 15) is 9.59 Å². The number of hydrogen-bond donors (Lipinski definition) is 2. The van der Waals surface area contributed by atoms with Gasteiger partial charge in [-0.15, -0.1) is 0 Å². The van der Waals surface area contributed by atoms with E-state index in [0.717, 1.165) is 16.8 Å². The number of hydrogen-bond acceptors (Lipinski definition) is 3. The van der Waals surface area contributed by atoms with Crippen molar-refractivity contribution in [3.05, 3.63) is 82.6 Å². The Morgan fingerprint density at radius 1 is 1.07 bits per heavy atom. The lowest BCUT2D eigenvalue weighted by Gasteiger charge is -2.21. The third-order valence-electron chi connectivity index (χ3n) is 4.74. The highest BCUT2D eigenvalue weighted by Gasteiger charge is 2.24. The Kier molecular flexibility index (Phi) is 6.90. The molecule has 0 aliphatic carbocycles. The number of carbonyl (C=O) groups is 2. The second-order valence-corrected chi connectivity index (χ2v) is 7.98. The Morgan fingerprint density at radius 2 is 1.73 bits per heavy atom. The van der Waals surface area contributed by atoms with Gasteiger partial charge in [0.05, 0.1) is 11.9 Å². The Balaban J connectivity index is 1.61. The lowest BCUT2D eigenvalue weighted by Crippen LogP contribution is -2.49. The van der Waals surface area contributed by atoms with Crippen molar-refractivity contribution < 1.29 is 9.59 Å². The van der Waals surface area contributed by atoms with Crippen LogP contribution in [0.3, 0.4) is 0 Å². The molecule has 0 saturated heterocycles. The summed E-state index contributed by atoms with van der Waals surface area (Å²) in [6, 6.07) is 13.9. The summed E-state index contributed by atoms with van der Waals surface area (Å²) >= 11 is 5.92. The molecule has 0 bridgehead atoms. The summed E-state index contributed by atoms with van der Waals surface area (Å²) in [6.45, 7) is 6.08. The summed E-state index contributed by atoms with van der Waals surface area (Å²) in [5.41, 5.74) is 3.33. The molecular weight excluding hydrogens is 400 g/mol. The zero-order chi connectivity index (χ0) is 21.7. The number of nitrogens with zero attached hydrogens (tertiary/aromatic N) is 2. The summed E-state index contributed by atoms with van der Waals surface area (Å²) in [7, 11) is 0. The molecule has 0 saturated carbocycles. The van der Waals surface area contributed by atoms with E-state index in [2.05, 4.69) is 15.7 Å². The van der Waals surface area contributed by atoms with Gasteiger partial charge in [0.25, 0.3) is 5.91 Å². The highest BCUT2D eigenvalue weighted by Crippen LogP contribution is 2.13. The van der Waals surface area contributed by atoms with Crippen LogP contribution in [0, 0.1) is 12.8 Å². The van der Waals surface area contributed by atoms with Gasteiger partial charge in [-0.1, -0.05) is 43.1 Å². The summed E-state index contributed by atoms with van der Waals surface area (Å²) in [4.78, 5) is 25.2. The topological polar surface area (TPSA) is 76.0 Å². The van der Waals surface area contributed by atoms with E-state index in [0.29, 0.717) is 17.1 Å². The number of nitrogens with one attached hydrogen (secondary N) is 2. The molecule has 0 aliphatic heterocycles. The maximum Gasteiger partial charge on any atom is 0.251 e. The van der Waals surface area contributed by atoms with Crippen LogP contribution < -0.4 is 10.6 Å². The van der Waals surface area contributed by atoms with Crippen LogP contribution >= 0.6 is 11.6 Å². The Labute approximate surface area is 181 Å². The zero-order valence-corrected chi connectivity index (χ0v) is 18.0. The summed E-state index contributed by atoms with van der Waals surface area (Å²) in [5, 5.41) is 10.7.